The second-order valence-electron chi connectivity index (χ2n) is 9.73. The van der Waals surface area contributed by atoms with Crippen molar-refractivity contribution in [1.29, 1.82) is 0 Å². The summed E-state index contributed by atoms with van der Waals surface area (Å²) in [6.45, 7) is 0. The molecule has 1 aliphatic carbocycles. The highest BCUT2D eigenvalue weighted by atomic mass is 14.2. The van der Waals surface area contributed by atoms with E-state index in [0.717, 1.165) is 32.1 Å². The summed E-state index contributed by atoms with van der Waals surface area (Å²) in [5.41, 5.74) is 14.3. The Bertz CT molecular complexity index is 1100. The molecule has 5 aromatic carbocycles. The van der Waals surface area contributed by atoms with Crippen LogP contribution in [0, 0.1) is 0 Å². The standard InChI is InChI=1S/C35H30/c1-2-12-27-22-29-14-5-6-16-31(29)24-33-18-9-10-20-35(33)25-34-19-8-7-17-32(34)23-30-15-4-3-13-28(30)21-26(27)11-1/h1-20H,21-25H2. The van der Waals surface area contributed by atoms with E-state index in [1.165, 1.54) is 55.6 Å². The molecule has 0 aromatic heterocycles. The summed E-state index contributed by atoms with van der Waals surface area (Å²) in [7, 11) is 0. The minimum atomic E-state index is 0.969. The fourth-order valence-electron chi connectivity index (χ4n) is 5.54. The first-order valence-corrected chi connectivity index (χ1v) is 12.7. The average molecular weight is 451 g/mol. The van der Waals surface area contributed by atoms with Gasteiger partial charge in [0.05, 0.1) is 0 Å². The van der Waals surface area contributed by atoms with E-state index >= 15 is 0 Å². The summed E-state index contributed by atoms with van der Waals surface area (Å²) in [5.74, 6) is 0. The molecule has 0 heteroatoms. The normalized spacial score (nSPS) is 13.1. The molecule has 35 heavy (non-hydrogen) atoms. The first-order chi connectivity index (χ1) is 17.3. The van der Waals surface area contributed by atoms with Crippen LogP contribution in [0.15, 0.2) is 121 Å². The number of rotatable bonds is 0. The van der Waals surface area contributed by atoms with E-state index in [4.69, 9.17) is 0 Å². The lowest BCUT2D eigenvalue weighted by Gasteiger charge is -2.15. The van der Waals surface area contributed by atoms with Crippen molar-refractivity contribution in [2.24, 2.45) is 0 Å². The Labute approximate surface area is 208 Å². The van der Waals surface area contributed by atoms with E-state index < -0.39 is 0 Å². The van der Waals surface area contributed by atoms with Crippen LogP contribution in [0.4, 0.5) is 0 Å². The smallest absolute Gasteiger partial charge is 0.00201 e. The molecule has 0 spiro atoms. The van der Waals surface area contributed by atoms with Gasteiger partial charge in [-0.2, -0.15) is 0 Å². The molecule has 6 rings (SSSR count). The lowest BCUT2D eigenvalue weighted by Crippen LogP contribution is -2.02. The van der Waals surface area contributed by atoms with E-state index in [0.29, 0.717) is 0 Å². The molecule has 0 aliphatic heterocycles. The van der Waals surface area contributed by atoms with Crippen LogP contribution in [0.1, 0.15) is 55.6 Å². The Morgan fingerprint density at radius 1 is 0.200 bits per heavy atom. The summed E-state index contributed by atoms with van der Waals surface area (Å²) < 4.78 is 0. The molecule has 0 N–H and O–H groups in total. The van der Waals surface area contributed by atoms with Gasteiger partial charge in [-0.25, -0.2) is 0 Å². The molecular formula is C35H30. The van der Waals surface area contributed by atoms with Crippen molar-refractivity contribution in [3.05, 3.63) is 177 Å². The van der Waals surface area contributed by atoms with Gasteiger partial charge >= 0.3 is 0 Å². The molecule has 0 amide bonds. The average Bonchev–Trinajstić information content (AvgIpc) is 2.89. The van der Waals surface area contributed by atoms with E-state index in [1.807, 2.05) is 0 Å². The van der Waals surface area contributed by atoms with Gasteiger partial charge in [0.25, 0.3) is 0 Å². The van der Waals surface area contributed by atoms with Gasteiger partial charge in [-0.1, -0.05) is 121 Å². The van der Waals surface area contributed by atoms with Crippen LogP contribution in [-0.4, -0.2) is 0 Å². The van der Waals surface area contributed by atoms with E-state index in [-0.39, 0.29) is 0 Å². The van der Waals surface area contributed by atoms with Crippen LogP contribution >= 0.6 is 0 Å². The summed E-state index contributed by atoms with van der Waals surface area (Å²) >= 11 is 0. The molecule has 0 nitrogen and oxygen atoms in total. The molecule has 0 saturated heterocycles. The summed E-state index contributed by atoms with van der Waals surface area (Å²) in [5, 5.41) is 0. The Morgan fingerprint density at radius 3 is 0.429 bits per heavy atom. The predicted octanol–water partition coefficient (Wildman–Crippen LogP) is 7.95. The van der Waals surface area contributed by atoms with Crippen molar-refractivity contribution >= 4 is 0 Å². The molecule has 1 aliphatic rings. The van der Waals surface area contributed by atoms with Crippen molar-refractivity contribution in [2.45, 2.75) is 32.1 Å². The van der Waals surface area contributed by atoms with Gasteiger partial charge in [0.2, 0.25) is 0 Å². The van der Waals surface area contributed by atoms with Crippen molar-refractivity contribution < 1.29 is 0 Å². The number of benzene rings is 5. The van der Waals surface area contributed by atoms with Gasteiger partial charge < -0.3 is 0 Å². The fourth-order valence-corrected chi connectivity index (χ4v) is 5.54. The topological polar surface area (TPSA) is 0 Å². The van der Waals surface area contributed by atoms with Crippen molar-refractivity contribution in [1.82, 2.24) is 0 Å². The zero-order valence-corrected chi connectivity index (χ0v) is 20.1. The van der Waals surface area contributed by atoms with Crippen molar-refractivity contribution in [3.63, 3.8) is 0 Å². The maximum absolute atomic E-state index is 2.32. The number of hydrogen-bond donors (Lipinski definition) is 0. The molecule has 0 fully saturated rings. The summed E-state index contributed by atoms with van der Waals surface area (Å²) in [6.07, 6.45) is 4.85. The lowest BCUT2D eigenvalue weighted by atomic mass is 9.90. The van der Waals surface area contributed by atoms with Crippen LogP contribution < -0.4 is 0 Å². The van der Waals surface area contributed by atoms with Gasteiger partial charge in [-0.3, -0.25) is 0 Å². The molecule has 0 radical (unpaired) electrons. The van der Waals surface area contributed by atoms with Crippen LogP contribution in [0.5, 0.6) is 0 Å². The first kappa shape index (κ1) is 21.6. The molecule has 0 atom stereocenters. The van der Waals surface area contributed by atoms with Crippen LogP contribution in [0.2, 0.25) is 0 Å². The number of hydrogen-bond acceptors (Lipinski definition) is 0. The van der Waals surface area contributed by atoms with Gasteiger partial charge in [0.1, 0.15) is 0 Å². The summed E-state index contributed by atoms with van der Waals surface area (Å²) in [4.78, 5) is 0. The van der Waals surface area contributed by atoms with Crippen LogP contribution in [-0.2, 0) is 32.1 Å². The molecular weight excluding hydrogens is 420 g/mol. The fraction of sp³-hybridized carbons (Fsp3) is 0.143. The molecule has 0 unspecified atom stereocenters. The quantitative estimate of drug-likeness (QED) is 0.220. The first-order valence-electron chi connectivity index (χ1n) is 12.7. The third kappa shape index (κ3) is 4.70. The van der Waals surface area contributed by atoms with Crippen molar-refractivity contribution in [2.75, 3.05) is 0 Å². The Hall–Kier alpha value is -3.90. The lowest BCUT2D eigenvalue weighted by molar-refractivity contribution is 1.04. The minimum absolute atomic E-state index is 0.969. The summed E-state index contributed by atoms with van der Waals surface area (Å²) in [6, 6.07) is 45.0. The van der Waals surface area contributed by atoms with Gasteiger partial charge in [0, 0.05) is 0 Å². The van der Waals surface area contributed by atoms with E-state index in [9.17, 15) is 0 Å². The highest BCUT2D eigenvalue weighted by Gasteiger charge is 2.14. The number of fused-ring (bicyclic) bond motifs is 5. The predicted molar refractivity (Wildman–Crippen MR) is 146 cm³/mol. The zero-order valence-electron chi connectivity index (χ0n) is 20.1. The molecule has 0 saturated carbocycles. The highest BCUT2D eigenvalue weighted by molar-refractivity contribution is 5.46. The maximum atomic E-state index is 2.32. The highest BCUT2D eigenvalue weighted by Crippen LogP contribution is 2.27. The van der Waals surface area contributed by atoms with E-state index in [1.54, 1.807) is 0 Å². The third-order valence-electron chi connectivity index (χ3n) is 7.50. The van der Waals surface area contributed by atoms with E-state index in [2.05, 4.69) is 121 Å². The van der Waals surface area contributed by atoms with Crippen LogP contribution in [0.3, 0.4) is 0 Å². The monoisotopic (exact) mass is 450 g/mol. The molecule has 0 bridgehead atoms. The molecule has 0 heterocycles. The molecule has 170 valence electrons. The van der Waals surface area contributed by atoms with Crippen LogP contribution in [0.25, 0.3) is 0 Å². The van der Waals surface area contributed by atoms with Crippen molar-refractivity contribution in [3.8, 4) is 0 Å². The van der Waals surface area contributed by atoms with Gasteiger partial charge in [-0.15, -0.1) is 0 Å². The maximum Gasteiger partial charge on any atom is -0.00201 e. The second-order valence-corrected chi connectivity index (χ2v) is 9.73. The Balaban J connectivity index is 1.54. The van der Waals surface area contributed by atoms with Gasteiger partial charge in [0.15, 0.2) is 0 Å². The SMILES string of the molecule is c1ccc2c(c1)Cc1ccccc1Cc1ccccc1Cc1ccccc1Cc1ccccc1C2. The van der Waals surface area contributed by atoms with Gasteiger partial charge in [-0.05, 0) is 87.7 Å². The largest absolute Gasteiger partial charge is 0.0620 e. The third-order valence-corrected chi connectivity index (χ3v) is 7.50. The zero-order chi connectivity index (χ0) is 23.5. The minimum Gasteiger partial charge on any atom is -0.0620 e. The molecule has 5 aromatic rings. The Morgan fingerprint density at radius 2 is 0.314 bits per heavy atom. The second kappa shape index (κ2) is 9.76. The Kier molecular flexibility index (Phi) is 6.03.